The molecule has 5 rings (SSSR count). The molecule has 2 atom stereocenters. The number of benzene rings is 2. The van der Waals surface area contributed by atoms with Crippen molar-refractivity contribution < 1.29 is 14.4 Å². The standard InChI is InChI=1S/C26H30N4O3S/c1-18-14-29(16-22(31)17-32-23-8-9-26-24(13-23)27-19(2)34-26)10-11-30(18)15-21-12-25(33-28-21)20-6-4-3-5-7-20/h3-9,12-13,18,22,31H,10-11,14-17H2,1-2H3/t18-,22+/m1/s1. The summed E-state index contributed by atoms with van der Waals surface area (Å²) < 4.78 is 12.6. The molecule has 1 saturated heterocycles. The molecule has 1 aliphatic rings. The summed E-state index contributed by atoms with van der Waals surface area (Å²) in [6.07, 6.45) is -0.546. The maximum atomic E-state index is 10.6. The Morgan fingerprint density at radius 1 is 1.18 bits per heavy atom. The SMILES string of the molecule is Cc1nc2cc(OC[C@@H](O)CN3CCN(Cc4cc(-c5ccccc5)on4)[C@H](C)C3)ccc2s1. The third kappa shape index (κ3) is 5.47. The van der Waals surface area contributed by atoms with Crippen molar-refractivity contribution in [1.82, 2.24) is 19.9 Å². The van der Waals surface area contributed by atoms with Crippen LogP contribution in [0.15, 0.2) is 59.1 Å². The number of aryl methyl sites for hydroxylation is 1. The van der Waals surface area contributed by atoms with E-state index in [4.69, 9.17) is 9.26 Å². The zero-order valence-corrected chi connectivity index (χ0v) is 20.4. The molecule has 0 saturated carbocycles. The number of aliphatic hydroxyl groups excluding tert-OH is 1. The number of thiazole rings is 1. The van der Waals surface area contributed by atoms with Crippen LogP contribution in [0.25, 0.3) is 21.5 Å². The van der Waals surface area contributed by atoms with Gasteiger partial charge in [0.2, 0.25) is 0 Å². The van der Waals surface area contributed by atoms with Crippen LogP contribution >= 0.6 is 11.3 Å². The van der Waals surface area contributed by atoms with E-state index < -0.39 is 6.10 Å². The Balaban J connectivity index is 1.09. The lowest BCUT2D eigenvalue weighted by molar-refractivity contribution is 0.0250. The van der Waals surface area contributed by atoms with Gasteiger partial charge in [-0.05, 0) is 26.0 Å². The molecule has 0 radical (unpaired) electrons. The van der Waals surface area contributed by atoms with Gasteiger partial charge >= 0.3 is 0 Å². The minimum Gasteiger partial charge on any atom is -0.491 e. The fourth-order valence-electron chi connectivity index (χ4n) is 4.46. The smallest absolute Gasteiger partial charge is 0.167 e. The Kier molecular flexibility index (Phi) is 6.92. The van der Waals surface area contributed by atoms with Crippen LogP contribution in [0.5, 0.6) is 5.75 Å². The molecule has 0 aliphatic carbocycles. The van der Waals surface area contributed by atoms with Crippen LogP contribution in [0.3, 0.4) is 0 Å². The van der Waals surface area contributed by atoms with Gasteiger partial charge in [0.1, 0.15) is 18.5 Å². The van der Waals surface area contributed by atoms with Crippen LogP contribution < -0.4 is 4.74 Å². The van der Waals surface area contributed by atoms with Gasteiger partial charge < -0.3 is 14.4 Å². The first kappa shape index (κ1) is 23.0. The van der Waals surface area contributed by atoms with Crippen molar-refractivity contribution in [1.29, 1.82) is 0 Å². The molecule has 34 heavy (non-hydrogen) atoms. The fraction of sp³-hybridized carbons (Fsp3) is 0.385. The largest absolute Gasteiger partial charge is 0.491 e. The van der Waals surface area contributed by atoms with Gasteiger partial charge in [-0.15, -0.1) is 11.3 Å². The lowest BCUT2D eigenvalue weighted by Gasteiger charge is -2.40. The van der Waals surface area contributed by atoms with Crippen molar-refractivity contribution in [2.75, 3.05) is 32.8 Å². The summed E-state index contributed by atoms with van der Waals surface area (Å²) >= 11 is 1.67. The molecule has 4 aromatic rings. The summed E-state index contributed by atoms with van der Waals surface area (Å²) in [7, 11) is 0. The molecular weight excluding hydrogens is 448 g/mol. The van der Waals surface area contributed by atoms with Crippen molar-refractivity contribution in [3.8, 4) is 17.1 Å². The van der Waals surface area contributed by atoms with Gasteiger partial charge in [-0.2, -0.15) is 0 Å². The van der Waals surface area contributed by atoms with Crippen LogP contribution in [0.4, 0.5) is 0 Å². The third-order valence-corrected chi connectivity index (χ3v) is 7.16. The number of rotatable bonds is 8. The van der Waals surface area contributed by atoms with E-state index in [1.54, 1.807) is 11.3 Å². The molecule has 2 aromatic carbocycles. The second-order valence-electron chi connectivity index (χ2n) is 8.95. The first-order valence-electron chi connectivity index (χ1n) is 11.7. The molecule has 1 N–H and O–H groups in total. The Hall–Kier alpha value is -2.78. The molecule has 8 heteroatoms. The number of β-amino-alcohol motifs (C(OH)–C–C–N with tert-alkyl or cyclic N) is 1. The van der Waals surface area contributed by atoms with Crippen molar-refractivity contribution in [2.24, 2.45) is 0 Å². The molecule has 0 unspecified atom stereocenters. The Bertz CT molecular complexity index is 1230. The molecule has 0 amide bonds. The summed E-state index contributed by atoms with van der Waals surface area (Å²) in [5.41, 5.74) is 2.93. The fourth-order valence-corrected chi connectivity index (χ4v) is 5.27. The number of aliphatic hydroxyl groups is 1. The molecular formula is C26H30N4O3S. The highest BCUT2D eigenvalue weighted by Gasteiger charge is 2.26. The highest BCUT2D eigenvalue weighted by molar-refractivity contribution is 7.18. The van der Waals surface area contributed by atoms with Crippen molar-refractivity contribution in [3.05, 3.63) is 65.3 Å². The van der Waals surface area contributed by atoms with E-state index in [2.05, 4.69) is 26.9 Å². The van der Waals surface area contributed by atoms with Crippen molar-refractivity contribution >= 4 is 21.6 Å². The van der Waals surface area contributed by atoms with E-state index in [0.29, 0.717) is 12.6 Å². The van der Waals surface area contributed by atoms with Crippen LogP contribution in [-0.4, -0.2) is 70.0 Å². The molecule has 7 nitrogen and oxygen atoms in total. The summed E-state index contributed by atoms with van der Waals surface area (Å²) in [5.74, 6) is 1.55. The number of nitrogens with zero attached hydrogens (tertiary/aromatic N) is 4. The van der Waals surface area contributed by atoms with E-state index >= 15 is 0 Å². The maximum absolute atomic E-state index is 10.6. The van der Waals surface area contributed by atoms with Crippen molar-refractivity contribution in [3.63, 3.8) is 0 Å². The van der Waals surface area contributed by atoms with E-state index in [9.17, 15) is 5.11 Å². The monoisotopic (exact) mass is 478 g/mol. The number of ether oxygens (including phenoxy) is 1. The minimum atomic E-state index is -0.546. The zero-order valence-electron chi connectivity index (χ0n) is 19.6. The summed E-state index contributed by atoms with van der Waals surface area (Å²) in [5, 5.41) is 15.9. The van der Waals surface area contributed by atoms with E-state index in [0.717, 1.165) is 64.2 Å². The third-order valence-electron chi connectivity index (χ3n) is 6.21. The average molecular weight is 479 g/mol. The zero-order chi connectivity index (χ0) is 23.5. The van der Waals surface area contributed by atoms with Crippen LogP contribution in [0.2, 0.25) is 0 Å². The molecule has 178 valence electrons. The molecule has 1 fully saturated rings. The number of hydrogen-bond donors (Lipinski definition) is 1. The highest BCUT2D eigenvalue weighted by Crippen LogP contribution is 2.26. The highest BCUT2D eigenvalue weighted by atomic mass is 32.1. The number of piperazine rings is 1. The van der Waals surface area contributed by atoms with Gasteiger partial charge in [0, 0.05) is 56.5 Å². The second kappa shape index (κ2) is 10.2. The summed E-state index contributed by atoms with van der Waals surface area (Å²) in [6.45, 7) is 8.56. The van der Waals surface area contributed by atoms with E-state index in [1.165, 1.54) is 0 Å². The van der Waals surface area contributed by atoms with Gasteiger partial charge in [-0.25, -0.2) is 4.98 Å². The van der Waals surface area contributed by atoms with Crippen molar-refractivity contribution in [2.45, 2.75) is 32.5 Å². The molecule has 2 aromatic heterocycles. The summed E-state index contributed by atoms with van der Waals surface area (Å²) in [4.78, 5) is 9.23. The van der Waals surface area contributed by atoms with Gasteiger partial charge in [0.05, 0.1) is 20.9 Å². The van der Waals surface area contributed by atoms with Gasteiger partial charge in [0.15, 0.2) is 5.76 Å². The van der Waals surface area contributed by atoms with Crippen LogP contribution in [-0.2, 0) is 6.54 Å². The van der Waals surface area contributed by atoms with Crippen LogP contribution in [0, 0.1) is 6.92 Å². The lowest BCUT2D eigenvalue weighted by atomic mass is 10.1. The van der Waals surface area contributed by atoms with E-state index in [1.807, 2.05) is 61.5 Å². The van der Waals surface area contributed by atoms with Crippen LogP contribution in [0.1, 0.15) is 17.6 Å². The van der Waals surface area contributed by atoms with Gasteiger partial charge in [0.25, 0.3) is 0 Å². The Labute approximate surface area is 203 Å². The quantitative estimate of drug-likeness (QED) is 0.407. The van der Waals surface area contributed by atoms with Gasteiger partial charge in [-0.1, -0.05) is 35.5 Å². The number of fused-ring (bicyclic) bond motifs is 1. The summed E-state index contributed by atoms with van der Waals surface area (Å²) in [6, 6.07) is 18.3. The molecule has 1 aliphatic heterocycles. The predicted octanol–water partition coefficient (Wildman–Crippen LogP) is 4.21. The average Bonchev–Trinajstić information content (AvgIpc) is 3.45. The normalized spacial score (nSPS) is 18.4. The topological polar surface area (TPSA) is 74.9 Å². The molecule has 3 heterocycles. The lowest BCUT2D eigenvalue weighted by Crippen LogP contribution is -2.53. The Morgan fingerprint density at radius 2 is 2.03 bits per heavy atom. The second-order valence-corrected chi connectivity index (χ2v) is 10.2. The number of hydrogen-bond acceptors (Lipinski definition) is 8. The van der Waals surface area contributed by atoms with Gasteiger partial charge in [-0.3, -0.25) is 9.80 Å². The molecule has 0 bridgehead atoms. The minimum absolute atomic E-state index is 0.268. The maximum Gasteiger partial charge on any atom is 0.167 e. The van der Waals surface area contributed by atoms with E-state index in [-0.39, 0.29) is 6.61 Å². The Morgan fingerprint density at radius 3 is 2.85 bits per heavy atom. The first-order valence-corrected chi connectivity index (χ1v) is 12.5. The first-order chi connectivity index (χ1) is 16.5. The predicted molar refractivity (Wildman–Crippen MR) is 134 cm³/mol. The molecule has 0 spiro atoms. The number of aromatic nitrogens is 2.